The van der Waals surface area contributed by atoms with Crippen molar-refractivity contribution < 1.29 is 18.6 Å². The molecule has 3 aromatic carbocycles. The summed E-state index contributed by atoms with van der Waals surface area (Å²) in [4.78, 5) is 6.90. The second kappa shape index (κ2) is 10.6. The standard InChI is InChI=1S/C25H24BrFN2O3/c1-30-24-15-19(14-23(26)25(24)32-17-18-2-4-20(27)5-3-18)16-28-21-6-8-22(9-7-21)29-10-12-31-13-11-29/h2-9,14-16H,10-13,17H2,1H3. The van der Waals surface area contributed by atoms with E-state index >= 15 is 0 Å². The van der Waals surface area contributed by atoms with Crippen LogP contribution in [0.15, 0.2) is 70.1 Å². The molecular weight excluding hydrogens is 475 g/mol. The van der Waals surface area contributed by atoms with E-state index in [1.54, 1.807) is 25.5 Å². The zero-order chi connectivity index (χ0) is 22.3. The van der Waals surface area contributed by atoms with Gasteiger partial charge in [-0.05, 0) is 75.6 Å². The monoisotopic (exact) mass is 498 g/mol. The van der Waals surface area contributed by atoms with E-state index in [0.29, 0.717) is 18.1 Å². The molecule has 0 amide bonds. The average molecular weight is 499 g/mol. The quantitative estimate of drug-likeness (QED) is 0.388. The number of rotatable bonds is 7. The maximum absolute atomic E-state index is 13.1. The number of nitrogens with zero attached hydrogens (tertiary/aromatic N) is 2. The maximum atomic E-state index is 13.1. The topological polar surface area (TPSA) is 43.3 Å². The number of methoxy groups -OCH3 is 1. The van der Waals surface area contributed by atoms with Gasteiger partial charge in [-0.25, -0.2) is 4.39 Å². The molecule has 0 bridgehead atoms. The van der Waals surface area contributed by atoms with E-state index in [1.807, 2.05) is 24.3 Å². The molecule has 5 nitrogen and oxygen atoms in total. The highest BCUT2D eigenvalue weighted by Gasteiger charge is 2.12. The van der Waals surface area contributed by atoms with Crippen LogP contribution >= 0.6 is 15.9 Å². The highest BCUT2D eigenvalue weighted by atomic mass is 79.9. The summed E-state index contributed by atoms with van der Waals surface area (Å²) in [5.41, 5.74) is 3.79. The van der Waals surface area contributed by atoms with Crippen molar-refractivity contribution in [2.24, 2.45) is 4.99 Å². The summed E-state index contributed by atoms with van der Waals surface area (Å²) in [6.07, 6.45) is 1.79. The van der Waals surface area contributed by atoms with Crippen LogP contribution in [0.1, 0.15) is 11.1 Å². The van der Waals surface area contributed by atoms with Crippen LogP contribution in [0.3, 0.4) is 0 Å². The molecule has 7 heteroatoms. The lowest BCUT2D eigenvalue weighted by molar-refractivity contribution is 0.122. The van der Waals surface area contributed by atoms with E-state index in [-0.39, 0.29) is 5.82 Å². The zero-order valence-electron chi connectivity index (χ0n) is 17.8. The molecular formula is C25H24BrFN2O3. The van der Waals surface area contributed by atoms with Crippen molar-refractivity contribution in [1.29, 1.82) is 0 Å². The second-order valence-corrected chi connectivity index (χ2v) is 8.18. The number of benzene rings is 3. The van der Waals surface area contributed by atoms with Gasteiger partial charge in [0.1, 0.15) is 12.4 Å². The van der Waals surface area contributed by atoms with Gasteiger partial charge in [0.25, 0.3) is 0 Å². The number of morpholine rings is 1. The van der Waals surface area contributed by atoms with E-state index in [1.165, 1.54) is 17.8 Å². The van der Waals surface area contributed by atoms with Gasteiger partial charge in [0, 0.05) is 25.0 Å². The Morgan fingerprint density at radius 3 is 2.47 bits per heavy atom. The van der Waals surface area contributed by atoms with Crippen LogP contribution < -0.4 is 14.4 Å². The first-order valence-electron chi connectivity index (χ1n) is 10.3. The van der Waals surface area contributed by atoms with Crippen LogP contribution in [0.2, 0.25) is 0 Å². The zero-order valence-corrected chi connectivity index (χ0v) is 19.3. The van der Waals surface area contributed by atoms with E-state index in [0.717, 1.165) is 47.6 Å². The third kappa shape index (κ3) is 5.66. The van der Waals surface area contributed by atoms with Gasteiger partial charge in [-0.2, -0.15) is 0 Å². The average Bonchev–Trinajstić information content (AvgIpc) is 2.83. The van der Waals surface area contributed by atoms with Crippen molar-refractivity contribution in [3.05, 3.63) is 82.1 Å². The molecule has 1 heterocycles. The number of anilines is 1. The third-order valence-corrected chi connectivity index (χ3v) is 5.73. The Kier molecular flexibility index (Phi) is 7.39. The molecule has 1 aliphatic rings. The molecule has 0 saturated carbocycles. The fourth-order valence-corrected chi connectivity index (χ4v) is 3.98. The van der Waals surface area contributed by atoms with Crippen molar-refractivity contribution in [3.8, 4) is 11.5 Å². The smallest absolute Gasteiger partial charge is 0.175 e. The molecule has 0 atom stereocenters. The van der Waals surface area contributed by atoms with Crippen molar-refractivity contribution in [3.63, 3.8) is 0 Å². The molecule has 32 heavy (non-hydrogen) atoms. The molecule has 4 rings (SSSR count). The molecule has 1 saturated heterocycles. The summed E-state index contributed by atoms with van der Waals surface area (Å²) in [6.45, 7) is 3.65. The Morgan fingerprint density at radius 2 is 1.78 bits per heavy atom. The predicted octanol–water partition coefficient (Wildman–Crippen LogP) is 5.76. The molecule has 0 N–H and O–H groups in total. The predicted molar refractivity (Wildman–Crippen MR) is 128 cm³/mol. The molecule has 0 aliphatic carbocycles. The molecule has 0 spiro atoms. The number of ether oxygens (including phenoxy) is 3. The number of aliphatic imine (C=N–C) groups is 1. The van der Waals surface area contributed by atoms with Gasteiger partial charge in [-0.1, -0.05) is 12.1 Å². The van der Waals surface area contributed by atoms with Crippen LogP contribution in [0, 0.1) is 5.82 Å². The lowest BCUT2D eigenvalue weighted by Crippen LogP contribution is -2.36. The van der Waals surface area contributed by atoms with Crippen molar-refractivity contribution in [1.82, 2.24) is 0 Å². The van der Waals surface area contributed by atoms with Gasteiger partial charge < -0.3 is 19.1 Å². The lowest BCUT2D eigenvalue weighted by atomic mass is 10.2. The highest BCUT2D eigenvalue weighted by Crippen LogP contribution is 2.37. The minimum Gasteiger partial charge on any atom is -0.493 e. The molecule has 166 valence electrons. The molecule has 0 radical (unpaired) electrons. The van der Waals surface area contributed by atoms with Gasteiger partial charge in [0.05, 0.1) is 30.5 Å². The van der Waals surface area contributed by atoms with E-state index in [4.69, 9.17) is 14.2 Å². The summed E-state index contributed by atoms with van der Waals surface area (Å²) < 4.78 is 30.7. The third-order valence-electron chi connectivity index (χ3n) is 5.14. The number of hydrogen-bond acceptors (Lipinski definition) is 5. The number of hydrogen-bond donors (Lipinski definition) is 0. The molecule has 0 unspecified atom stereocenters. The van der Waals surface area contributed by atoms with Gasteiger partial charge in [0.2, 0.25) is 0 Å². The van der Waals surface area contributed by atoms with Crippen LogP contribution in [-0.4, -0.2) is 39.6 Å². The summed E-state index contributed by atoms with van der Waals surface area (Å²) in [6, 6.07) is 18.2. The molecule has 1 aliphatic heterocycles. The van der Waals surface area contributed by atoms with Gasteiger partial charge >= 0.3 is 0 Å². The first kappa shape index (κ1) is 22.3. The second-order valence-electron chi connectivity index (χ2n) is 7.32. The maximum Gasteiger partial charge on any atom is 0.175 e. The van der Waals surface area contributed by atoms with Crippen molar-refractivity contribution >= 4 is 33.5 Å². The minimum atomic E-state index is -0.271. The molecule has 1 fully saturated rings. The van der Waals surface area contributed by atoms with Crippen LogP contribution in [0.4, 0.5) is 15.8 Å². The number of halogens is 2. The van der Waals surface area contributed by atoms with E-state index < -0.39 is 0 Å². The highest BCUT2D eigenvalue weighted by molar-refractivity contribution is 9.10. The summed E-state index contributed by atoms with van der Waals surface area (Å²) in [5, 5.41) is 0. The summed E-state index contributed by atoms with van der Waals surface area (Å²) in [5.74, 6) is 0.904. The van der Waals surface area contributed by atoms with Crippen LogP contribution in [-0.2, 0) is 11.3 Å². The fourth-order valence-electron chi connectivity index (χ4n) is 3.41. The Morgan fingerprint density at radius 1 is 1.06 bits per heavy atom. The Labute approximate surface area is 195 Å². The van der Waals surface area contributed by atoms with Gasteiger partial charge in [-0.3, -0.25) is 4.99 Å². The molecule has 0 aromatic heterocycles. The van der Waals surface area contributed by atoms with Crippen LogP contribution in [0.25, 0.3) is 0 Å². The first-order valence-corrected chi connectivity index (χ1v) is 11.1. The van der Waals surface area contributed by atoms with E-state index in [2.05, 4.69) is 38.0 Å². The van der Waals surface area contributed by atoms with Crippen LogP contribution in [0.5, 0.6) is 11.5 Å². The molecule has 3 aromatic rings. The summed E-state index contributed by atoms with van der Waals surface area (Å²) in [7, 11) is 1.60. The SMILES string of the molecule is COc1cc(C=Nc2ccc(N3CCOCC3)cc2)cc(Br)c1OCc1ccc(F)cc1. The normalized spacial score (nSPS) is 14.0. The summed E-state index contributed by atoms with van der Waals surface area (Å²) >= 11 is 3.56. The van der Waals surface area contributed by atoms with Gasteiger partial charge in [0.15, 0.2) is 11.5 Å². The lowest BCUT2D eigenvalue weighted by Gasteiger charge is -2.28. The van der Waals surface area contributed by atoms with Crippen molar-refractivity contribution in [2.45, 2.75) is 6.61 Å². The van der Waals surface area contributed by atoms with Crippen molar-refractivity contribution in [2.75, 3.05) is 38.3 Å². The first-order chi connectivity index (χ1) is 15.6. The minimum absolute atomic E-state index is 0.271. The van der Waals surface area contributed by atoms with E-state index in [9.17, 15) is 4.39 Å². The Bertz CT molecular complexity index is 1070. The Hall–Kier alpha value is -2.90. The largest absolute Gasteiger partial charge is 0.493 e. The Balaban J connectivity index is 1.44. The van der Waals surface area contributed by atoms with Gasteiger partial charge in [-0.15, -0.1) is 0 Å². The fraction of sp³-hybridized carbons (Fsp3) is 0.240.